The van der Waals surface area contributed by atoms with Crippen LogP contribution in [0.25, 0.3) is 0 Å². The van der Waals surface area contributed by atoms with Crippen LogP contribution in [0, 0.1) is 6.92 Å². The molecule has 1 aromatic heterocycles. The van der Waals surface area contributed by atoms with Crippen molar-refractivity contribution in [1.82, 2.24) is 0 Å². The Bertz CT molecular complexity index is 600. The van der Waals surface area contributed by atoms with Crippen molar-refractivity contribution in [2.75, 3.05) is 14.2 Å². The highest BCUT2D eigenvalue weighted by molar-refractivity contribution is 9.11. The van der Waals surface area contributed by atoms with Gasteiger partial charge in [-0.25, -0.2) is 0 Å². The number of ether oxygens (including phenoxy) is 2. The largest absolute Gasteiger partial charge is 0.497 e. The fraction of sp³-hybridized carbons (Fsp3) is 0.214. The maximum absolute atomic E-state index is 12.5. The zero-order valence-electron chi connectivity index (χ0n) is 10.8. The molecule has 0 aliphatic carbocycles. The predicted octanol–water partition coefficient (Wildman–Crippen LogP) is 4.07. The van der Waals surface area contributed by atoms with Gasteiger partial charge < -0.3 is 9.47 Å². The second-order valence-corrected chi connectivity index (χ2v) is 6.33. The smallest absolute Gasteiger partial charge is 0.206 e. The van der Waals surface area contributed by atoms with E-state index in [-0.39, 0.29) is 5.78 Å². The SMILES string of the molecule is COc1ccc(OC)c(C(=O)c2cc(C)c(Br)s2)c1. The Hall–Kier alpha value is -1.33. The first-order valence-corrected chi connectivity index (χ1v) is 7.20. The Labute approximate surface area is 124 Å². The number of ketones is 1. The molecular formula is C14H13BrO3S. The molecule has 0 N–H and O–H groups in total. The number of aryl methyl sites for hydroxylation is 1. The lowest BCUT2D eigenvalue weighted by Gasteiger charge is -2.08. The standard InChI is InChI=1S/C14H13BrO3S/c1-8-6-12(19-14(8)15)13(16)10-7-9(17-2)4-5-11(10)18-3/h4-7H,1-3H3. The second kappa shape index (κ2) is 5.75. The van der Waals surface area contributed by atoms with E-state index < -0.39 is 0 Å². The van der Waals surface area contributed by atoms with Crippen LogP contribution in [0.3, 0.4) is 0 Å². The molecule has 0 amide bonds. The molecule has 0 saturated carbocycles. The van der Waals surface area contributed by atoms with Crippen LogP contribution in [0.15, 0.2) is 28.1 Å². The summed E-state index contributed by atoms with van der Waals surface area (Å²) in [6.45, 7) is 1.96. The van der Waals surface area contributed by atoms with Gasteiger partial charge in [0.15, 0.2) is 0 Å². The van der Waals surface area contributed by atoms with Crippen LogP contribution >= 0.6 is 27.3 Å². The van der Waals surface area contributed by atoms with E-state index in [1.807, 2.05) is 13.0 Å². The van der Waals surface area contributed by atoms with Gasteiger partial charge in [-0.1, -0.05) is 0 Å². The minimum atomic E-state index is -0.0606. The number of benzene rings is 1. The molecule has 0 unspecified atom stereocenters. The lowest BCUT2D eigenvalue weighted by atomic mass is 10.1. The van der Waals surface area contributed by atoms with Crippen LogP contribution in [0.4, 0.5) is 0 Å². The zero-order chi connectivity index (χ0) is 14.0. The zero-order valence-corrected chi connectivity index (χ0v) is 13.2. The van der Waals surface area contributed by atoms with Crippen molar-refractivity contribution >= 4 is 33.0 Å². The first-order chi connectivity index (χ1) is 9.06. The fourth-order valence-electron chi connectivity index (χ4n) is 1.70. The maximum Gasteiger partial charge on any atom is 0.206 e. The minimum absolute atomic E-state index is 0.0606. The third kappa shape index (κ3) is 2.82. The summed E-state index contributed by atoms with van der Waals surface area (Å²) in [5, 5.41) is 0. The number of carbonyl (C=O) groups excluding carboxylic acids is 1. The second-order valence-electron chi connectivity index (χ2n) is 3.96. The Morgan fingerprint density at radius 2 is 1.95 bits per heavy atom. The van der Waals surface area contributed by atoms with E-state index in [2.05, 4.69) is 15.9 Å². The minimum Gasteiger partial charge on any atom is -0.497 e. The summed E-state index contributed by atoms with van der Waals surface area (Å²) in [5.74, 6) is 1.12. The van der Waals surface area contributed by atoms with Crippen LogP contribution in [0.2, 0.25) is 0 Å². The summed E-state index contributed by atoms with van der Waals surface area (Å²) in [6, 6.07) is 7.08. The average molecular weight is 341 g/mol. The summed E-state index contributed by atoms with van der Waals surface area (Å²) in [6.07, 6.45) is 0. The summed E-state index contributed by atoms with van der Waals surface area (Å²) >= 11 is 4.85. The summed E-state index contributed by atoms with van der Waals surface area (Å²) < 4.78 is 11.4. The third-order valence-electron chi connectivity index (χ3n) is 2.73. The molecule has 3 nitrogen and oxygen atoms in total. The van der Waals surface area contributed by atoms with E-state index in [0.29, 0.717) is 21.9 Å². The molecule has 1 aromatic carbocycles. The Balaban J connectivity index is 2.47. The highest BCUT2D eigenvalue weighted by atomic mass is 79.9. The van der Waals surface area contributed by atoms with Gasteiger partial charge in [-0.2, -0.15) is 0 Å². The summed E-state index contributed by atoms with van der Waals surface area (Å²) in [5.41, 5.74) is 1.56. The molecule has 0 fully saturated rings. The molecular weight excluding hydrogens is 328 g/mol. The quantitative estimate of drug-likeness (QED) is 0.787. The van der Waals surface area contributed by atoms with Crippen LogP contribution in [-0.4, -0.2) is 20.0 Å². The molecule has 100 valence electrons. The summed E-state index contributed by atoms with van der Waals surface area (Å²) in [4.78, 5) is 13.2. The van der Waals surface area contributed by atoms with E-state index in [9.17, 15) is 4.79 Å². The normalized spacial score (nSPS) is 10.3. The number of thiophene rings is 1. The molecule has 5 heteroatoms. The lowest BCUT2D eigenvalue weighted by Crippen LogP contribution is -2.02. The van der Waals surface area contributed by atoms with Crippen molar-refractivity contribution < 1.29 is 14.3 Å². The van der Waals surface area contributed by atoms with Gasteiger partial charge in [0.25, 0.3) is 0 Å². The number of hydrogen-bond acceptors (Lipinski definition) is 4. The monoisotopic (exact) mass is 340 g/mol. The van der Waals surface area contributed by atoms with Crippen LogP contribution < -0.4 is 9.47 Å². The van der Waals surface area contributed by atoms with Crippen molar-refractivity contribution in [2.45, 2.75) is 6.92 Å². The van der Waals surface area contributed by atoms with E-state index in [1.165, 1.54) is 11.3 Å². The third-order valence-corrected chi connectivity index (χ3v) is 4.87. The number of methoxy groups -OCH3 is 2. The van der Waals surface area contributed by atoms with E-state index in [0.717, 1.165) is 9.35 Å². The van der Waals surface area contributed by atoms with Crippen molar-refractivity contribution in [3.05, 3.63) is 44.1 Å². The molecule has 0 aliphatic rings. The Morgan fingerprint density at radius 1 is 1.21 bits per heavy atom. The Morgan fingerprint density at radius 3 is 2.47 bits per heavy atom. The van der Waals surface area contributed by atoms with Gasteiger partial charge in [-0.05, 0) is 52.7 Å². The molecule has 0 spiro atoms. The fourth-order valence-corrected chi connectivity index (χ4v) is 3.18. The van der Waals surface area contributed by atoms with Crippen molar-refractivity contribution in [3.63, 3.8) is 0 Å². The number of halogens is 1. The molecule has 0 bridgehead atoms. The van der Waals surface area contributed by atoms with E-state index in [1.54, 1.807) is 32.4 Å². The predicted molar refractivity (Wildman–Crippen MR) is 79.7 cm³/mol. The number of hydrogen-bond donors (Lipinski definition) is 0. The highest BCUT2D eigenvalue weighted by Crippen LogP contribution is 2.32. The van der Waals surface area contributed by atoms with Crippen LogP contribution in [0.5, 0.6) is 11.5 Å². The molecule has 0 aliphatic heterocycles. The molecule has 0 saturated heterocycles. The van der Waals surface area contributed by atoms with Crippen molar-refractivity contribution in [1.29, 1.82) is 0 Å². The Kier molecular flexibility index (Phi) is 4.27. The van der Waals surface area contributed by atoms with Gasteiger partial charge in [-0.3, -0.25) is 4.79 Å². The van der Waals surface area contributed by atoms with Crippen LogP contribution in [-0.2, 0) is 0 Å². The highest BCUT2D eigenvalue weighted by Gasteiger charge is 2.18. The molecule has 2 aromatic rings. The first kappa shape index (κ1) is 14.1. The van der Waals surface area contributed by atoms with Gasteiger partial charge in [-0.15, -0.1) is 11.3 Å². The van der Waals surface area contributed by atoms with Gasteiger partial charge in [0.2, 0.25) is 5.78 Å². The van der Waals surface area contributed by atoms with Gasteiger partial charge >= 0.3 is 0 Å². The maximum atomic E-state index is 12.5. The first-order valence-electron chi connectivity index (χ1n) is 5.59. The average Bonchev–Trinajstić information content (AvgIpc) is 2.77. The van der Waals surface area contributed by atoms with Crippen molar-refractivity contribution in [2.24, 2.45) is 0 Å². The summed E-state index contributed by atoms with van der Waals surface area (Å²) in [7, 11) is 3.12. The topological polar surface area (TPSA) is 35.5 Å². The van der Waals surface area contributed by atoms with E-state index in [4.69, 9.17) is 9.47 Å². The van der Waals surface area contributed by atoms with Gasteiger partial charge in [0.05, 0.1) is 28.4 Å². The molecule has 0 radical (unpaired) electrons. The lowest BCUT2D eigenvalue weighted by molar-refractivity contribution is 0.103. The molecule has 19 heavy (non-hydrogen) atoms. The van der Waals surface area contributed by atoms with Crippen LogP contribution in [0.1, 0.15) is 20.8 Å². The van der Waals surface area contributed by atoms with Gasteiger partial charge in [0.1, 0.15) is 11.5 Å². The van der Waals surface area contributed by atoms with Crippen molar-refractivity contribution in [3.8, 4) is 11.5 Å². The number of carbonyl (C=O) groups is 1. The molecule has 2 rings (SSSR count). The molecule has 0 atom stereocenters. The van der Waals surface area contributed by atoms with E-state index >= 15 is 0 Å². The molecule has 1 heterocycles. The number of rotatable bonds is 4. The van der Waals surface area contributed by atoms with Gasteiger partial charge in [0, 0.05) is 0 Å².